The van der Waals surface area contributed by atoms with Crippen LogP contribution >= 0.6 is 11.3 Å². The zero-order valence-electron chi connectivity index (χ0n) is 9.43. The van der Waals surface area contributed by atoms with E-state index in [0.717, 1.165) is 36.1 Å². The van der Waals surface area contributed by atoms with Gasteiger partial charge in [0.1, 0.15) is 0 Å². The fourth-order valence-corrected chi connectivity index (χ4v) is 3.15. The number of nitrogens with zero attached hydrogens (tertiary/aromatic N) is 2. The van der Waals surface area contributed by atoms with E-state index < -0.39 is 0 Å². The molecule has 1 aromatic carbocycles. The van der Waals surface area contributed by atoms with Crippen LogP contribution in [0.2, 0.25) is 0 Å². The number of rotatable bonds is 2. The second-order valence-electron chi connectivity index (χ2n) is 4.30. The van der Waals surface area contributed by atoms with Crippen LogP contribution in [0.3, 0.4) is 0 Å². The summed E-state index contributed by atoms with van der Waals surface area (Å²) >= 11 is 1.51. The van der Waals surface area contributed by atoms with E-state index in [1.807, 2.05) is 24.3 Å². The summed E-state index contributed by atoms with van der Waals surface area (Å²) in [5.41, 5.74) is 0.932. The molecule has 3 rings (SSSR count). The lowest BCUT2D eigenvalue weighted by Crippen LogP contribution is -2.27. The van der Waals surface area contributed by atoms with Gasteiger partial charge in [0.25, 0.3) is 0 Å². The molecule has 0 atom stereocenters. The minimum atomic E-state index is 0.132. The van der Waals surface area contributed by atoms with Crippen molar-refractivity contribution in [3.63, 3.8) is 0 Å². The molecule has 0 saturated carbocycles. The summed E-state index contributed by atoms with van der Waals surface area (Å²) in [6.07, 6.45) is 1.77. The smallest absolute Gasteiger partial charge is 0.194 e. The van der Waals surface area contributed by atoms with Crippen molar-refractivity contribution >= 4 is 27.3 Å². The third-order valence-corrected chi connectivity index (χ3v) is 4.20. The molecule has 1 fully saturated rings. The lowest BCUT2D eigenvalue weighted by Gasteiger charge is -2.18. The first-order chi connectivity index (χ1) is 8.34. The molecule has 1 radical (unpaired) electrons. The monoisotopic (exact) mass is 245 g/mol. The predicted octanol–water partition coefficient (Wildman–Crippen LogP) is 2.49. The molecule has 1 aromatic heterocycles. The third kappa shape index (κ3) is 2.10. The van der Waals surface area contributed by atoms with Gasteiger partial charge in [-0.25, -0.2) is 10.3 Å². The zero-order chi connectivity index (χ0) is 11.7. The minimum Gasteiger partial charge on any atom is -0.291 e. The molecule has 3 nitrogen and oxygen atoms in total. The SMILES string of the molecule is O=C(c1nc2ccccc2s1)C1CC[N]CC1. The largest absolute Gasteiger partial charge is 0.291 e. The first kappa shape index (κ1) is 10.9. The van der Waals surface area contributed by atoms with E-state index >= 15 is 0 Å². The summed E-state index contributed by atoms with van der Waals surface area (Å²) < 4.78 is 1.09. The molecule has 0 aliphatic carbocycles. The number of ketones is 1. The Bertz CT molecular complexity index is 510. The first-order valence-electron chi connectivity index (χ1n) is 5.87. The minimum absolute atomic E-state index is 0.132. The fraction of sp³-hybridized carbons (Fsp3) is 0.385. The fourth-order valence-electron chi connectivity index (χ4n) is 2.16. The van der Waals surface area contributed by atoms with E-state index in [1.165, 1.54) is 11.3 Å². The average Bonchev–Trinajstić information content (AvgIpc) is 2.82. The number of benzene rings is 1. The molecule has 4 heteroatoms. The average molecular weight is 245 g/mol. The molecular weight excluding hydrogens is 232 g/mol. The standard InChI is InChI=1S/C13H13N2OS/c16-12(9-5-7-14-8-6-9)13-15-10-3-1-2-4-11(10)17-13/h1-4,9H,5-8H2. The van der Waals surface area contributed by atoms with Gasteiger partial charge in [0.05, 0.1) is 10.2 Å². The molecule has 0 bridgehead atoms. The molecule has 0 spiro atoms. The highest BCUT2D eigenvalue weighted by atomic mass is 32.1. The summed E-state index contributed by atoms with van der Waals surface area (Å²) in [6, 6.07) is 7.91. The Hall–Kier alpha value is -1.26. The number of thiazole rings is 1. The molecule has 1 aliphatic heterocycles. The highest BCUT2D eigenvalue weighted by Gasteiger charge is 2.25. The molecule has 2 heterocycles. The molecule has 0 unspecified atom stereocenters. The number of fused-ring (bicyclic) bond motifs is 1. The molecule has 1 saturated heterocycles. The third-order valence-electron chi connectivity index (χ3n) is 3.15. The number of hydrogen-bond acceptors (Lipinski definition) is 3. The van der Waals surface area contributed by atoms with Crippen LogP contribution in [0.5, 0.6) is 0 Å². The van der Waals surface area contributed by atoms with E-state index in [-0.39, 0.29) is 11.7 Å². The number of Topliss-reactive ketones (excluding diaryl/α,β-unsaturated/α-hetero) is 1. The van der Waals surface area contributed by atoms with Crippen molar-refractivity contribution in [1.29, 1.82) is 0 Å². The van der Waals surface area contributed by atoms with Crippen LogP contribution < -0.4 is 5.32 Å². The van der Waals surface area contributed by atoms with Crippen LogP contribution in [0, 0.1) is 5.92 Å². The van der Waals surface area contributed by atoms with Gasteiger partial charge >= 0.3 is 0 Å². The van der Waals surface area contributed by atoms with E-state index in [1.54, 1.807) is 0 Å². The topological polar surface area (TPSA) is 44.1 Å². The summed E-state index contributed by atoms with van der Waals surface area (Å²) in [5.74, 6) is 0.342. The molecule has 0 amide bonds. The van der Waals surface area contributed by atoms with Gasteiger partial charge < -0.3 is 0 Å². The maximum Gasteiger partial charge on any atom is 0.194 e. The van der Waals surface area contributed by atoms with Crippen molar-refractivity contribution in [1.82, 2.24) is 10.3 Å². The second-order valence-corrected chi connectivity index (χ2v) is 5.33. The van der Waals surface area contributed by atoms with Crippen molar-refractivity contribution in [3.05, 3.63) is 29.3 Å². The molecule has 2 aromatic rings. The summed E-state index contributed by atoms with van der Waals surface area (Å²) in [7, 11) is 0. The quantitative estimate of drug-likeness (QED) is 0.763. The van der Waals surface area contributed by atoms with Gasteiger partial charge in [0, 0.05) is 19.0 Å². The van der Waals surface area contributed by atoms with Crippen molar-refractivity contribution in [2.45, 2.75) is 12.8 Å². The lowest BCUT2D eigenvalue weighted by molar-refractivity contribution is 0.0894. The molecule has 0 N–H and O–H groups in total. The normalized spacial score (nSPS) is 17.4. The summed E-state index contributed by atoms with van der Waals surface area (Å²) in [4.78, 5) is 16.7. The summed E-state index contributed by atoms with van der Waals surface area (Å²) in [5, 5.41) is 4.94. The van der Waals surface area contributed by atoms with Gasteiger partial charge in [0.2, 0.25) is 0 Å². The Morgan fingerprint density at radius 1 is 1.24 bits per heavy atom. The Kier molecular flexibility index (Phi) is 2.91. The second kappa shape index (κ2) is 4.55. The Morgan fingerprint density at radius 2 is 2.00 bits per heavy atom. The van der Waals surface area contributed by atoms with E-state index in [2.05, 4.69) is 10.3 Å². The molecule has 87 valence electrons. The predicted molar refractivity (Wildman–Crippen MR) is 68.5 cm³/mol. The van der Waals surface area contributed by atoms with Gasteiger partial charge in [-0.3, -0.25) is 4.79 Å². The maximum absolute atomic E-state index is 12.3. The number of hydrogen-bond donors (Lipinski definition) is 0. The Balaban J connectivity index is 1.89. The van der Waals surface area contributed by atoms with Crippen molar-refractivity contribution < 1.29 is 4.79 Å². The van der Waals surface area contributed by atoms with Crippen LogP contribution in [0.4, 0.5) is 0 Å². The van der Waals surface area contributed by atoms with Crippen molar-refractivity contribution in [2.24, 2.45) is 5.92 Å². The number of carbonyl (C=O) groups is 1. The first-order valence-corrected chi connectivity index (χ1v) is 6.69. The number of piperidine rings is 1. The van der Waals surface area contributed by atoms with Gasteiger partial charge in [0.15, 0.2) is 10.8 Å². The molecule has 17 heavy (non-hydrogen) atoms. The van der Waals surface area contributed by atoms with Crippen molar-refractivity contribution in [2.75, 3.05) is 13.1 Å². The van der Waals surface area contributed by atoms with Gasteiger partial charge in [-0.05, 0) is 25.0 Å². The van der Waals surface area contributed by atoms with Crippen LogP contribution in [-0.4, -0.2) is 23.9 Å². The highest BCUT2D eigenvalue weighted by molar-refractivity contribution is 7.20. The number of aromatic nitrogens is 1. The lowest BCUT2D eigenvalue weighted by atomic mass is 9.94. The van der Waals surface area contributed by atoms with Gasteiger partial charge in [-0.2, -0.15) is 0 Å². The van der Waals surface area contributed by atoms with E-state index in [9.17, 15) is 4.79 Å². The summed E-state index contributed by atoms with van der Waals surface area (Å²) in [6.45, 7) is 1.64. The van der Waals surface area contributed by atoms with Crippen LogP contribution in [-0.2, 0) is 0 Å². The Morgan fingerprint density at radius 3 is 2.76 bits per heavy atom. The van der Waals surface area contributed by atoms with Gasteiger partial charge in [-0.1, -0.05) is 12.1 Å². The van der Waals surface area contributed by atoms with Crippen molar-refractivity contribution in [3.8, 4) is 0 Å². The Labute approximate surface area is 104 Å². The molecule has 1 aliphatic rings. The van der Waals surface area contributed by atoms with E-state index in [0.29, 0.717) is 5.01 Å². The van der Waals surface area contributed by atoms with Crippen LogP contribution in [0.25, 0.3) is 10.2 Å². The zero-order valence-corrected chi connectivity index (χ0v) is 10.2. The van der Waals surface area contributed by atoms with Crippen LogP contribution in [0.15, 0.2) is 24.3 Å². The molecular formula is C13H13N2OS. The number of para-hydroxylation sites is 1. The highest BCUT2D eigenvalue weighted by Crippen LogP contribution is 2.26. The number of carbonyl (C=O) groups excluding carboxylic acids is 1. The van der Waals surface area contributed by atoms with Crippen LogP contribution in [0.1, 0.15) is 22.6 Å². The van der Waals surface area contributed by atoms with E-state index in [4.69, 9.17) is 0 Å². The maximum atomic E-state index is 12.3. The van der Waals surface area contributed by atoms with Gasteiger partial charge in [-0.15, -0.1) is 11.3 Å².